The normalized spacial score (nSPS) is 14.2. The van der Waals surface area contributed by atoms with Gasteiger partial charge in [-0.05, 0) is 54.1 Å². The van der Waals surface area contributed by atoms with Gasteiger partial charge in [0.05, 0.1) is 0 Å². The Morgan fingerprint density at radius 2 is 2.29 bits per heavy atom. The van der Waals surface area contributed by atoms with Crippen molar-refractivity contribution in [3.05, 3.63) is 50.7 Å². The first-order valence-electron chi connectivity index (χ1n) is 8.05. The molecule has 1 aromatic heterocycles. The molecule has 2 heterocycles. The summed E-state index contributed by atoms with van der Waals surface area (Å²) < 4.78 is 5.50. The van der Waals surface area contributed by atoms with Crippen LogP contribution in [0, 0.1) is 6.92 Å². The number of benzene rings is 1. The third kappa shape index (κ3) is 4.50. The Kier molecular flexibility index (Phi) is 5.76. The van der Waals surface area contributed by atoms with Crippen molar-refractivity contribution in [1.82, 2.24) is 10.2 Å². The summed E-state index contributed by atoms with van der Waals surface area (Å²) in [5.74, 6) is 0.559. The van der Waals surface area contributed by atoms with Crippen molar-refractivity contribution in [3.8, 4) is 5.75 Å². The van der Waals surface area contributed by atoms with E-state index in [1.807, 2.05) is 24.3 Å². The average Bonchev–Trinajstić information content (AvgIpc) is 3.04. The highest BCUT2D eigenvalue weighted by Crippen LogP contribution is 2.23. The second kappa shape index (κ2) is 8.01. The van der Waals surface area contributed by atoms with Crippen molar-refractivity contribution in [2.45, 2.75) is 19.9 Å². The molecule has 0 bridgehead atoms. The van der Waals surface area contributed by atoms with Crippen LogP contribution in [0.25, 0.3) is 0 Å². The molecule has 1 aliphatic heterocycles. The second-order valence-electron chi connectivity index (χ2n) is 5.94. The molecule has 0 atom stereocenters. The summed E-state index contributed by atoms with van der Waals surface area (Å²) in [5.41, 5.74) is 2.37. The van der Waals surface area contributed by atoms with Gasteiger partial charge in [-0.15, -0.1) is 11.3 Å². The predicted octanol–water partition coefficient (Wildman–Crippen LogP) is 3.26. The maximum Gasteiger partial charge on any atom is 0.257 e. The van der Waals surface area contributed by atoms with Crippen LogP contribution in [-0.4, -0.2) is 37.0 Å². The summed E-state index contributed by atoms with van der Waals surface area (Å²) >= 11 is 7.81. The first-order chi connectivity index (χ1) is 11.6. The smallest absolute Gasteiger partial charge is 0.257 e. The van der Waals surface area contributed by atoms with Crippen LogP contribution < -0.4 is 10.1 Å². The minimum Gasteiger partial charge on any atom is -0.484 e. The topological polar surface area (TPSA) is 41.6 Å². The molecule has 1 aliphatic rings. The lowest BCUT2D eigenvalue weighted by molar-refractivity contribution is -0.123. The van der Waals surface area contributed by atoms with Crippen molar-refractivity contribution in [2.75, 3.05) is 26.2 Å². The molecule has 128 valence electrons. The van der Waals surface area contributed by atoms with Crippen LogP contribution in [0.4, 0.5) is 0 Å². The number of aryl methyl sites for hydroxylation is 1. The molecule has 0 saturated heterocycles. The van der Waals surface area contributed by atoms with Crippen LogP contribution in [0.2, 0.25) is 5.02 Å². The van der Waals surface area contributed by atoms with E-state index in [0.717, 1.165) is 31.6 Å². The molecule has 4 nitrogen and oxygen atoms in total. The van der Waals surface area contributed by atoms with Crippen molar-refractivity contribution in [3.63, 3.8) is 0 Å². The van der Waals surface area contributed by atoms with E-state index < -0.39 is 0 Å². The van der Waals surface area contributed by atoms with Crippen LogP contribution >= 0.6 is 22.9 Å². The molecule has 0 fully saturated rings. The van der Waals surface area contributed by atoms with Gasteiger partial charge in [0.2, 0.25) is 0 Å². The third-order valence-corrected chi connectivity index (χ3v) is 5.58. The van der Waals surface area contributed by atoms with E-state index in [0.29, 0.717) is 17.3 Å². The lowest BCUT2D eigenvalue weighted by atomic mass is 10.1. The Morgan fingerprint density at radius 1 is 1.42 bits per heavy atom. The molecule has 0 unspecified atom stereocenters. The molecule has 24 heavy (non-hydrogen) atoms. The van der Waals surface area contributed by atoms with Gasteiger partial charge < -0.3 is 10.1 Å². The Bertz CT molecular complexity index is 717. The average molecular weight is 365 g/mol. The zero-order chi connectivity index (χ0) is 16.9. The summed E-state index contributed by atoms with van der Waals surface area (Å²) in [7, 11) is 0. The van der Waals surface area contributed by atoms with E-state index in [9.17, 15) is 4.79 Å². The number of thiophene rings is 1. The molecule has 3 rings (SSSR count). The Labute approximate surface area is 151 Å². The van der Waals surface area contributed by atoms with Crippen molar-refractivity contribution in [1.29, 1.82) is 0 Å². The number of nitrogens with one attached hydrogen (secondary N) is 1. The fourth-order valence-electron chi connectivity index (χ4n) is 2.76. The van der Waals surface area contributed by atoms with E-state index >= 15 is 0 Å². The molecule has 0 spiro atoms. The summed E-state index contributed by atoms with van der Waals surface area (Å²) in [6.45, 7) is 5.48. The molecule has 0 radical (unpaired) electrons. The summed E-state index contributed by atoms with van der Waals surface area (Å²) in [6.07, 6.45) is 1.11. The minimum atomic E-state index is -0.101. The fraction of sp³-hybridized carbons (Fsp3) is 0.389. The molecule has 0 saturated carbocycles. The first-order valence-corrected chi connectivity index (χ1v) is 9.31. The number of nitrogens with zero attached hydrogens (tertiary/aromatic N) is 1. The molecule has 0 aliphatic carbocycles. The van der Waals surface area contributed by atoms with Gasteiger partial charge in [0.1, 0.15) is 5.75 Å². The minimum absolute atomic E-state index is 0.0236. The number of carbonyl (C=O) groups is 1. The van der Waals surface area contributed by atoms with Crippen LogP contribution in [0.5, 0.6) is 5.75 Å². The van der Waals surface area contributed by atoms with Gasteiger partial charge in [0, 0.05) is 36.1 Å². The summed E-state index contributed by atoms with van der Waals surface area (Å²) in [4.78, 5) is 15.8. The quantitative estimate of drug-likeness (QED) is 0.855. The highest BCUT2D eigenvalue weighted by atomic mass is 35.5. The van der Waals surface area contributed by atoms with Gasteiger partial charge in [-0.3, -0.25) is 9.69 Å². The number of ether oxygens (including phenoxy) is 1. The highest BCUT2D eigenvalue weighted by molar-refractivity contribution is 7.10. The monoisotopic (exact) mass is 364 g/mol. The number of hydrogen-bond donors (Lipinski definition) is 1. The first kappa shape index (κ1) is 17.3. The van der Waals surface area contributed by atoms with Gasteiger partial charge in [-0.25, -0.2) is 0 Å². The molecular formula is C18H21ClN2O2S. The maximum atomic E-state index is 11.9. The zero-order valence-electron chi connectivity index (χ0n) is 13.7. The van der Waals surface area contributed by atoms with Crippen molar-refractivity contribution in [2.24, 2.45) is 0 Å². The second-order valence-corrected chi connectivity index (χ2v) is 7.35. The van der Waals surface area contributed by atoms with E-state index in [-0.39, 0.29) is 12.5 Å². The van der Waals surface area contributed by atoms with Gasteiger partial charge in [0.25, 0.3) is 5.91 Å². The number of amides is 1. The van der Waals surface area contributed by atoms with E-state index in [4.69, 9.17) is 16.3 Å². The zero-order valence-corrected chi connectivity index (χ0v) is 15.3. The molecule has 1 N–H and O–H groups in total. The maximum absolute atomic E-state index is 11.9. The van der Waals surface area contributed by atoms with Crippen molar-refractivity contribution >= 4 is 28.8 Å². The van der Waals surface area contributed by atoms with E-state index in [2.05, 4.69) is 21.7 Å². The molecule has 1 aromatic carbocycles. The third-order valence-electron chi connectivity index (χ3n) is 4.14. The molecular weight excluding hydrogens is 344 g/mol. The molecule has 1 amide bonds. The summed E-state index contributed by atoms with van der Waals surface area (Å²) in [5, 5.41) is 5.77. The van der Waals surface area contributed by atoms with E-state index in [1.54, 1.807) is 12.1 Å². The highest BCUT2D eigenvalue weighted by Gasteiger charge is 2.16. The number of carbonyl (C=O) groups excluding carboxylic acids is 1. The lowest BCUT2D eigenvalue weighted by Gasteiger charge is -2.26. The SMILES string of the molecule is Cc1cc(OCC(=O)NCCN2CCc3sccc3C2)ccc1Cl. The lowest BCUT2D eigenvalue weighted by Crippen LogP contribution is -2.38. The Morgan fingerprint density at radius 3 is 3.12 bits per heavy atom. The van der Waals surface area contributed by atoms with Crippen LogP contribution in [-0.2, 0) is 17.8 Å². The van der Waals surface area contributed by atoms with Gasteiger partial charge in [-0.1, -0.05) is 11.6 Å². The standard InChI is InChI=1S/C18H21ClN2O2S/c1-13-10-15(2-3-16(13)19)23-12-18(22)20-6-8-21-7-4-17-14(11-21)5-9-24-17/h2-3,5,9-10H,4,6-8,11-12H2,1H3,(H,20,22). The van der Waals surface area contributed by atoms with Gasteiger partial charge in [-0.2, -0.15) is 0 Å². The van der Waals surface area contributed by atoms with Crippen LogP contribution in [0.1, 0.15) is 16.0 Å². The molecule has 2 aromatic rings. The largest absolute Gasteiger partial charge is 0.484 e. The molecule has 6 heteroatoms. The fourth-order valence-corrected chi connectivity index (χ4v) is 3.77. The Balaban J connectivity index is 1.36. The Hall–Kier alpha value is -1.56. The van der Waals surface area contributed by atoms with Crippen molar-refractivity contribution < 1.29 is 9.53 Å². The predicted molar refractivity (Wildman–Crippen MR) is 98.0 cm³/mol. The number of hydrogen-bond acceptors (Lipinski definition) is 4. The van der Waals surface area contributed by atoms with Crippen LogP contribution in [0.3, 0.4) is 0 Å². The van der Waals surface area contributed by atoms with Crippen LogP contribution in [0.15, 0.2) is 29.6 Å². The van der Waals surface area contributed by atoms with Gasteiger partial charge in [0.15, 0.2) is 6.61 Å². The summed E-state index contributed by atoms with van der Waals surface area (Å²) in [6, 6.07) is 7.59. The number of fused-ring (bicyclic) bond motifs is 1. The van der Waals surface area contributed by atoms with Gasteiger partial charge >= 0.3 is 0 Å². The number of rotatable bonds is 6. The van der Waals surface area contributed by atoms with E-state index in [1.165, 1.54) is 10.4 Å². The number of halogens is 1.